The van der Waals surface area contributed by atoms with Crippen molar-refractivity contribution in [2.45, 2.75) is 45.7 Å². The van der Waals surface area contributed by atoms with Crippen LogP contribution >= 0.6 is 11.3 Å². The van der Waals surface area contributed by atoms with Crippen LogP contribution in [0.5, 0.6) is 0 Å². The van der Waals surface area contributed by atoms with Crippen LogP contribution in [0.4, 0.5) is 4.79 Å². The van der Waals surface area contributed by atoms with Crippen molar-refractivity contribution in [1.29, 1.82) is 0 Å². The average Bonchev–Trinajstić information content (AvgIpc) is 2.95. The standard InChI is InChI=1S/C14H22N2O2S/c1-9-7-13(11(3)19-9)10(2)15-14(18)16-6-4-5-12(16)8-17/h7,10,12,17H,4-6,8H2,1-3H3,(H,15,18). The van der Waals surface area contributed by atoms with E-state index in [1.54, 1.807) is 16.2 Å². The Labute approximate surface area is 118 Å². The van der Waals surface area contributed by atoms with Crippen molar-refractivity contribution in [2.24, 2.45) is 0 Å². The minimum absolute atomic E-state index is 0.0115. The van der Waals surface area contributed by atoms with Crippen molar-refractivity contribution >= 4 is 17.4 Å². The Kier molecular flexibility index (Phi) is 4.47. The molecule has 2 N–H and O–H groups in total. The molecular formula is C14H22N2O2S. The van der Waals surface area contributed by atoms with Crippen LogP contribution in [0, 0.1) is 13.8 Å². The lowest BCUT2D eigenvalue weighted by molar-refractivity contribution is 0.155. The summed E-state index contributed by atoms with van der Waals surface area (Å²) in [5, 5.41) is 12.3. The largest absolute Gasteiger partial charge is 0.394 e. The number of thiophene rings is 1. The molecule has 1 saturated heterocycles. The van der Waals surface area contributed by atoms with Crippen LogP contribution in [0.3, 0.4) is 0 Å². The lowest BCUT2D eigenvalue weighted by Crippen LogP contribution is -2.44. The van der Waals surface area contributed by atoms with Crippen molar-refractivity contribution in [3.8, 4) is 0 Å². The molecule has 106 valence electrons. The van der Waals surface area contributed by atoms with E-state index in [1.807, 2.05) is 6.92 Å². The minimum atomic E-state index is -0.0627. The van der Waals surface area contributed by atoms with Gasteiger partial charge in [0.1, 0.15) is 0 Å². The van der Waals surface area contributed by atoms with Gasteiger partial charge in [-0.05, 0) is 45.2 Å². The van der Waals surface area contributed by atoms with Crippen LogP contribution in [0.25, 0.3) is 0 Å². The molecule has 4 nitrogen and oxygen atoms in total. The first kappa shape index (κ1) is 14.3. The van der Waals surface area contributed by atoms with Gasteiger partial charge in [-0.3, -0.25) is 0 Å². The van der Waals surface area contributed by atoms with Gasteiger partial charge in [-0.25, -0.2) is 4.79 Å². The average molecular weight is 282 g/mol. The zero-order valence-electron chi connectivity index (χ0n) is 11.8. The summed E-state index contributed by atoms with van der Waals surface area (Å²) in [5.41, 5.74) is 1.19. The van der Waals surface area contributed by atoms with E-state index in [0.717, 1.165) is 19.4 Å². The van der Waals surface area contributed by atoms with Crippen LogP contribution in [-0.2, 0) is 0 Å². The summed E-state index contributed by atoms with van der Waals surface area (Å²) in [7, 11) is 0. The van der Waals surface area contributed by atoms with Crippen molar-refractivity contribution in [1.82, 2.24) is 10.2 Å². The summed E-state index contributed by atoms with van der Waals surface area (Å²) in [4.78, 5) is 16.5. The Morgan fingerprint density at radius 3 is 2.95 bits per heavy atom. The van der Waals surface area contributed by atoms with Gasteiger partial charge in [0.05, 0.1) is 18.7 Å². The number of rotatable bonds is 3. The summed E-state index contributed by atoms with van der Waals surface area (Å²) < 4.78 is 0. The molecular weight excluding hydrogens is 260 g/mol. The SMILES string of the molecule is Cc1cc(C(C)NC(=O)N2CCCC2CO)c(C)s1. The third kappa shape index (κ3) is 3.09. The van der Waals surface area contributed by atoms with Gasteiger partial charge in [0.25, 0.3) is 0 Å². The molecule has 1 aliphatic heterocycles. The lowest BCUT2D eigenvalue weighted by Gasteiger charge is -2.25. The van der Waals surface area contributed by atoms with Crippen molar-refractivity contribution in [2.75, 3.05) is 13.2 Å². The molecule has 1 fully saturated rings. The Morgan fingerprint density at radius 2 is 2.37 bits per heavy atom. The Balaban J connectivity index is 2.00. The van der Waals surface area contributed by atoms with Gasteiger partial charge in [-0.2, -0.15) is 0 Å². The monoisotopic (exact) mass is 282 g/mol. The maximum Gasteiger partial charge on any atom is 0.318 e. The van der Waals surface area contributed by atoms with Crippen molar-refractivity contribution in [3.63, 3.8) is 0 Å². The van der Waals surface area contributed by atoms with E-state index in [1.165, 1.54) is 15.3 Å². The highest BCUT2D eigenvalue weighted by molar-refractivity contribution is 7.12. The molecule has 0 bridgehead atoms. The number of aliphatic hydroxyl groups excluding tert-OH is 1. The van der Waals surface area contributed by atoms with Crippen LogP contribution < -0.4 is 5.32 Å². The molecule has 0 aliphatic carbocycles. The summed E-state index contributed by atoms with van der Waals surface area (Å²) in [6, 6.07) is 2.07. The Bertz CT molecular complexity index is 458. The number of aryl methyl sites for hydroxylation is 2. The minimum Gasteiger partial charge on any atom is -0.394 e. The number of nitrogens with one attached hydrogen (secondary N) is 1. The van der Waals surface area contributed by atoms with Crippen molar-refractivity contribution in [3.05, 3.63) is 21.4 Å². The number of nitrogens with zero attached hydrogens (tertiary/aromatic N) is 1. The first-order valence-corrected chi connectivity index (χ1v) is 7.59. The van der Waals surface area contributed by atoms with E-state index >= 15 is 0 Å². The molecule has 2 unspecified atom stereocenters. The summed E-state index contributed by atoms with van der Waals surface area (Å²) >= 11 is 1.76. The highest BCUT2D eigenvalue weighted by atomic mass is 32.1. The predicted octanol–water partition coefficient (Wildman–Crippen LogP) is 2.59. The third-order valence-corrected chi connectivity index (χ3v) is 4.72. The molecule has 0 saturated carbocycles. The fraction of sp³-hybridized carbons (Fsp3) is 0.643. The van der Waals surface area contributed by atoms with E-state index in [4.69, 9.17) is 0 Å². The molecule has 2 heterocycles. The molecule has 1 aromatic heterocycles. The number of hydrogen-bond acceptors (Lipinski definition) is 3. The van der Waals surface area contributed by atoms with Gasteiger partial charge >= 0.3 is 6.03 Å². The number of carbonyl (C=O) groups excluding carboxylic acids is 1. The number of urea groups is 1. The first-order chi connectivity index (χ1) is 9.02. The van der Waals surface area contributed by atoms with Gasteiger partial charge in [-0.15, -0.1) is 11.3 Å². The second-order valence-corrected chi connectivity index (χ2v) is 6.67. The second kappa shape index (κ2) is 5.92. The van der Waals surface area contributed by atoms with E-state index in [-0.39, 0.29) is 24.7 Å². The normalized spacial score (nSPS) is 20.6. The van der Waals surface area contributed by atoms with Crippen LogP contribution in [-0.4, -0.2) is 35.2 Å². The van der Waals surface area contributed by atoms with Gasteiger partial charge in [0.2, 0.25) is 0 Å². The van der Waals surface area contributed by atoms with E-state index in [0.29, 0.717) is 0 Å². The smallest absolute Gasteiger partial charge is 0.318 e. The second-order valence-electron chi connectivity index (χ2n) is 5.21. The fourth-order valence-corrected chi connectivity index (χ4v) is 3.74. The molecule has 0 spiro atoms. The Morgan fingerprint density at radius 1 is 1.63 bits per heavy atom. The zero-order chi connectivity index (χ0) is 14.0. The van der Waals surface area contributed by atoms with E-state index < -0.39 is 0 Å². The number of hydrogen-bond donors (Lipinski definition) is 2. The number of aliphatic hydroxyl groups is 1. The van der Waals surface area contributed by atoms with Crippen molar-refractivity contribution < 1.29 is 9.90 Å². The number of amides is 2. The molecule has 1 aliphatic rings. The number of likely N-dealkylation sites (tertiary alicyclic amines) is 1. The Hall–Kier alpha value is -1.07. The van der Waals surface area contributed by atoms with Gasteiger partial charge < -0.3 is 15.3 Å². The van der Waals surface area contributed by atoms with Gasteiger partial charge in [0, 0.05) is 16.3 Å². The topological polar surface area (TPSA) is 52.6 Å². The first-order valence-electron chi connectivity index (χ1n) is 6.78. The molecule has 2 atom stereocenters. The molecule has 2 rings (SSSR count). The molecule has 2 amide bonds. The maximum atomic E-state index is 12.2. The summed E-state index contributed by atoms with van der Waals surface area (Å²) in [6.07, 6.45) is 1.87. The van der Waals surface area contributed by atoms with Crippen LogP contribution in [0.15, 0.2) is 6.07 Å². The quantitative estimate of drug-likeness (QED) is 0.895. The highest BCUT2D eigenvalue weighted by Gasteiger charge is 2.29. The van der Waals surface area contributed by atoms with Gasteiger partial charge in [0.15, 0.2) is 0 Å². The number of carbonyl (C=O) groups is 1. The van der Waals surface area contributed by atoms with Gasteiger partial charge in [-0.1, -0.05) is 0 Å². The predicted molar refractivity (Wildman–Crippen MR) is 77.6 cm³/mol. The maximum absolute atomic E-state index is 12.2. The van der Waals surface area contributed by atoms with E-state index in [2.05, 4.69) is 25.2 Å². The summed E-state index contributed by atoms with van der Waals surface area (Å²) in [5.74, 6) is 0. The van der Waals surface area contributed by atoms with Crippen LogP contribution in [0.1, 0.15) is 41.1 Å². The highest BCUT2D eigenvalue weighted by Crippen LogP contribution is 2.26. The molecule has 1 aromatic rings. The molecule has 0 radical (unpaired) electrons. The molecule has 5 heteroatoms. The third-order valence-electron chi connectivity index (χ3n) is 3.73. The van der Waals surface area contributed by atoms with E-state index in [9.17, 15) is 9.90 Å². The summed E-state index contributed by atoms with van der Waals surface area (Å²) in [6.45, 7) is 6.97. The molecule has 0 aromatic carbocycles. The zero-order valence-corrected chi connectivity index (χ0v) is 12.6. The van der Waals surface area contributed by atoms with Crippen LogP contribution in [0.2, 0.25) is 0 Å². The molecule has 19 heavy (non-hydrogen) atoms. The lowest BCUT2D eigenvalue weighted by atomic mass is 10.1. The fourth-order valence-electron chi connectivity index (χ4n) is 2.72.